The van der Waals surface area contributed by atoms with Crippen molar-refractivity contribution in [2.75, 3.05) is 33.9 Å². The molecule has 0 spiro atoms. The Morgan fingerprint density at radius 3 is 2.58 bits per heavy atom. The Morgan fingerprint density at radius 1 is 0.968 bits per heavy atom. The van der Waals surface area contributed by atoms with E-state index in [0.29, 0.717) is 12.1 Å². The van der Waals surface area contributed by atoms with E-state index in [2.05, 4.69) is 53.5 Å². The van der Waals surface area contributed by atoms with Crippen molar-refractivity contribution in [3.05, 3.63) is 69.8 Å². The van der Waals surface area contributed by atoms with Crippen LogP contribution >= 0.6 is 0 Å². The molecule has 0 aromatic heterocycles. The Labute approximate surface area is 186 Å². The highest BCUT2D eigenvalue weighted by Crippen LogP contribution is 2.43. The zero-order valence-electron chi connectivity index (χ0n) is 19.0. The van der Waals surface area contributed by atoms with Crippen LogP contribution in [0.3, 0.4) is 0 Å². The van der Waals surface area contributed by atoms with Gasteiger partial charge in [0, 0.05) is 25.2 Å². The van der Waals surface area contributed by atoms with Crippen LogP contribution in [-0.4, -0.2) is 38.8 Å². The number of benzene rings is 2. The van der Waals surface area contributed by atoms with Crippen LogP contribution in [-0.2, 0) is 12.8 Å². The fraction of sp³-hybridized carbons (Fsp3) is 0.481. The van der Waals surface area contributed by atoms with Gasteiger partial charge in [0.2, 0.25) is 0 Å². The number of nitrogens with zero attached hydrogens (tertiary/aromatic N) is 1. The molecule has 3 aliphatic rings. The molecule has 5 rings (SSSR count). The lowest BCUT2D eigenvalue weighted by atomic mass is 9.80. The molecule has 2 atom stereocenters. The van der Waals surface area contributed by atoms with Gasteiger partial charge in [0.05, 0.1) is 14.2 Å². The van der Waals surface area contributed by atoms with Gasteiger partial charge >= 0.3 is 0 Å². The van der Waals surface area contributed by atoms with Crippen LogP contribution in [0.1, 0.15) is 60.5 Å². The summed E-state index contributed by atoms with van der Waals surface area (Å²) in [5.74, 6) is 1.66. The first-order chi connectivity index (χ1) is 15.2. The molecule has 3 heterocycles. The Balaban J connectivity index is 1.45. The first kappa shape index (κ1) is 20.6. The van der Waals surface area contributed by atoms with Gasteiger partial charge in [-0.1, -0.05) is 42.3 Å². The van der Waals surface area contributed by atoms with E-state index in [-0.39, 0.29) is 0 Å². The Hall–Kier alpha value is -2.30. The number of hydrogen-bond acceptors (Lipinski definition) is 4. The van der Waals surface area contributed by atoms with E-state index in [1.165, 1.54) is 24.1 Å². The summed E-state index contributed by atoms with van der Waals surface area (Å²) in [5.41, 5.74) is 9.15. The minimum Gasteiger partial charge on any atom is -0.493 e. The molecule has 2 aromatic carbocycles. The van der Waals surface area contributed by atoms with Crippen molar-refractivity contribution in [3.63, 3.8) is 0 Å². The molecule has 3 aliphatic heterocycles. The van der Waals surface area contributed by atoms with Crippen molar-refractivity contribution in [2.45, 2.75) is 51.1 Å². The second-order valence-corrected chi connectivity index (χ2v) is 9.07. The van der Waals surface area contributed by atoms with Gasteiger partial charge in [0.25, 0.3) is 0 Å². The number of fused-ring (bicyclic) bond motifs is 4. The summed E-state index contributed by atoms with van der Waals surface area (Å²) in [6.45, 7) is 5.64. The molecule has 2 aromatic rings. The van der Waals surface area contributed by atoms with E-state index < -0.39 is 0 Å². The van der Waals surface area contributed by atoms with Gasteiger partial charge in [0.1, 0.15) is 0 Å². The van der Waals surface area contributed by atoms with Gasteiger partial charge in [-0.15, -0.1) is 0 Å². The predicted octanol–water partition coefficient (Wildman–Crippen LogP) is 4.99. The summed E-state index contributed by atoms with van der Waals surface area (Å²) >= 11 is 0. The third kappa shape index (κ3) is 3.77. The van der Waals surface area contributed by atoms with Crippen LogP contribution in [0.4, 0.5) is 0 Å². The third-order valence-electron chi connectivity index (χ3n) is 7.54. The first-order valence-electron chi connectivity index (χ1n) is 11.7. The summed E-state index contributed by atoms with van der Waals surface area (Å²) in [5, 5.41) is 3.80. The minimum absolute atomic E-state index is 0.338. The standard InChI is InChI=1S/C27H34N2O2/c1-4-18-17-29-12-10-19-7-5-6-8-22(19)25(29)14-21(18)13-24-23-16-27(31-3)26(30-2)15-20(23)9-11-28-24/h5-8,15-16,24-25,28H,4,9-14,17H2,1-3H3/t24-,25-/m0/s1. The molecular weight excluding hydrogens is 384 g/mol. The van der Waals surface area contributed by atoms with Gasteiger partial charge in [-0.2, -0.15) is 0 Å². The van der Waals surface area contributed by atoms with E-state index >= 15 is 0 Å². The third-order valence-corrected chi connectivity index (χ3v) is 7.54. The smallest absolute Gasteiger partial charge is 0.161 e. The largest absolute Gasteiger partial charge is 0.493 e. The topological polar surface area (TPSA) is 33.7 Å². The Bertz CT molecular complexity index is 997. The Morgan fingerprint density at radius 2 is 1.77 bits per heavy atom. The highest BCUT2D eigenvalue weighted by molar-refractivity contribution is 5.50. The van der Waals surface area contributed by atoms with Gasteiger partial charge < -0.3 is 14.8 Å². The lowest BCUT2D eigenvalue weighted by Crippen LogP contribution is -2.40. The first-order valence-corrected chi connectivity index (χ1v) is 11.7. The maximum atomic E-state index is 5.62. The van der Waals surface area contributed by atoms with Crippen LogP contribution < -0.4 is 14.8 Å². The molecular formula is C27H34N2O2. The molecule has 0 bridgehead atoms. The van der Waals surface area contributed by atoms with Gasteiger partial charge in [-0.05, 0) is 73.0 Å². The molecule has 4 nitrogen and oxygen atoms in total. The molecule has 1 N–H and O–H groups in total. The SMILES string of the molecule is CCC1=C(C[C@@H]2NCCc3cc(OC)c(OC)cc32)C[C@H]2c3ccccc3CCN2C1. The number of nitrogens with one attached hydrogen (secondary N) is 1. The van der Waals surface area contributed by atoms with E-state index in [1.54, 1.807) is 36.5 Å². The van der Waals surface area contributed by atoms with Crippen LogP contribution in [0.2, 0.25) is 0 Å². The predicted molar refractivity (Wildman–Crippen MR) is 125 cm³/mol. The maximum absolute atomic E-state index is 5.62. The fourth-order valence-corrected chi connectivity index (χ4v) is 5.85. The van der Waals surface area contributed by atoms with Gasteiger partial charge in [-0.25, -0.2) is 0 Å². The average Bonchev–Trinajstić information content (AvgIpc) is 2.82. The summed E-state index contributed by atoms with van der Waals surface area (Å²) in [6.07, 6.45) is 5.60. The van der Waals surface area contributed by atoms with Crippen molar-refractivity contribution in [2.24, 2.45) is 0 Å². The zero-order chi connectivity index (χ0) is 21.4. The van der Waals surface area contributed by atoms with E-state index in [9.17, 15) is 0 Å². The van der Waals surface area contributed by atoms with Crippen molar-refractivity contribution in [1.82, 2.24) is 10.2 Å². The molecule has 0 fully saturated rings. The monoisotopic (exact) mass is 418 g/mol. The van der Waals surface area contributed by atoms with Crippen LogP contribution in [0, 0.1) is 0 Å². The van der Waals surface area contributed by atoms with Crippen molar-refractivity contribution >= 4 is 0 Å². The fourth-order valence-electron chi connectivity index (χ4n) is 5.85. The molecule has 0 saturated heterocycles. The molecule has 0 aliphatic carbocycles. The highest BCUT2D eigenvalue weighted by Gasteiger charge is 2.34. The molecule has 0 amide bonds. The number of ether oxygens (including phenoxy) is 2. The minimum atomic E-state index is 0.338. The van der Waals surface area contributed by atoms with Crippen molar-refractivity contribution in [1.29, 1.82) is 0 Å². The number of hydrogen-bond donors (Lipinski definition) is 1. The molecule has 4 heteroatoms. The summed E-state index contributed by atoms with van der Waals surface area (Å²) in [7, 11) is 3.44. The van der Waals surface area contributed by atoms with E-state index in [4.69, 9.17) is 9.47 Å². The van der Waals surface area contributed by atoms with Crippen LogP contribution in [0.5, 0.6) is 11.5 Å². The normalized spacial score (nSPS) is 23.1. The molecule has 0 radical (unpaired) electrons. The lowest BCUT2D eigenvalue weighted by Gasteiger charge is -2.43. The number of methoxy groups -OCH3 is 2. The highest BCUT2D eigenvalue weighted by atomic mass is 16.5. The molecule has 31 heavy (non-hydrogen) atoms. The molecule has 164 valence electrons. The quantitative estimate of drug-likeness (QED) is 0.694. The van der Waals surface area contributed by atoms with Gasteiger partial charge in [0.15, 0.2) is 11.5 Å². The van der Waals surface area contributed by atoms with Gasteiger partial charge in [-0.3, -0.25) is 4.90 Å². The Kier molecular flexibility index (Phi) is 5.77. The molecule has 0 unspecified atom stereocenters. The van der Waals surface area contributed by atoms with Crippen LogP contribution in [0.25, 0.3) is 0 Å². The van der Waals surface area contributed by atoms with Crippen LogP contribution in [0.15, 0.2) is 47.5 Å². The molecule has 0 saturated carbocycles. The zero-order valence-corrected chi connectivity index (χ0v) is 19.0. The average molecular weight is 419 g/mol. The lowest BCUT2D eigenvalue weighted by molar-refractivity contribution is 0.182. The van der Waals surface area contributed by atoms with E-state index in [0.717, 1.165) is 50.3 Å². The second-order valence-electron chi connectivity index (χ2n) is 9.07. The summed E-state index contributed by atoms with van der Waals surface area (Å²) in [6, 6.07) is 14.3. The second kappa shape index (κ2) is 8.68. The summed E-state index contributed by atoms with van der Waals surface area (Å²) < 4.78 is 11.2. The number of rotatable bonds is 5. The maximum Gasteiger partial charge on any atom is 0.161 e. The summed E-state index contributed by atoms with van der Waals surface area (Å²) in [4.78, 5) is 2.71. The van der Waals surface area contributed by atoms with Crippen molar-refractivity contribution in [3.8, 4) is 11.5 Å². The van der Waals surface area contributed by atoms with E-state index in [1.807, 2.05) is 0 Å². The van der Waals surface area contributed by atoms with Crippen molar-refractivity contribution < 1.29 is 9.47 Å².